The molecule has 0 saturated carbocycles. The highest BCUT2D eigenvalue weighted by Gasteiger charge is 2.19. The summed E-state index contributed by atoms with van der Waals surface area (Å²) < 4.78 is 1.88. The minimum Gasteiger partial charge on any atom is -0.365 e. The van der Waals surface area contributed by atoms with Crippen LogP contribution in [0.5, 0.6) is 0 Å². The molecule has 0 unspecified atom stereocenters. The van der Waals surface area contributed by atoms with E-state index in [1.165, 1.54) is 11.3 Å². The number of carbonyl (C=O) groups excluding carboxylic acids is 1. The molecular formula is C10H10N4O. The van der Waals surface area contributed by atoms with Gasteiger partial charge in [-0.15, -0.1) is 10.2 Å². The SMILES string of the molecule is NC(=O)c1cc2c(n3cnnc13)CCC2. The Morgan fingerprint density at radius 3 is 3.13 bits per heavy atom. The van der Waals surface area contributed by atoms with Gasteiger partial charge in [0.15, 0.2) is 5.65 Å². The summed E-state index contributed by atoms with van der Waals surface area (Å²) in [7, 11) is 0. The van der Waals surface area contributed by atoms with Gasteiger partial charge in [-0.25, -0.2) is 0 Å². The lowest BCUT2D eigenvalue weighted by molar-refractivity contribution is 0.100. The van der Waals surface area contributed by atoms with Crippen LogP contribution in [0.25, 0.3) is 5.65 Å². The summed E-state index contributed by atoms with van der Waals surface area (Å²) in [5.41, 5.74) is 8.75. The van der Waals surface area contributed by atoms with Gasteiger partial charge in [0, 0.05) is 5.69 Å². The molecule has 2 N–H and O–H groups in total. The van der Waals surface area contributed by atoms with Crippen molar-refractivity contribution in [3.05, 3.63) is 29.2 Å². The number of primary amides is 1. The zero-order chi connectivity index (χ0) is 10.4. The molecule has 3 rings (SSSR count). The van der Waals surface area contributed by atoms with Crippen molar-refractivity contribution < 1.29 is 4.79 Å². The van der Waals surface area contributed by atoms with Gasteiger partial charge in [-0.1, -0.05) is 0 Å². The second-order valence-corrected chi connectivity index (χ2v) is 3.77. The van der Waals surface area contributed by atoms with Crippen LogP contribution in [0.3, 0.4) is 0 Å². The first kappa shape index (κ1) is 8.40. The van der Waals surface area contributed by atoms with E-state index < -0.39 is 5.91 Å². The van der Waals surface area contributed by atoms with Crippen molar-refractivity contribution >= 4 is 11.6 Å². The first-order valence-electron chi connectivity index (χ1n) is 4.91. The van der Waals surface area contributed by atoms with Crippen molar-refractivity contribution in [3.8, 4) is 0 Å². The summed E-state index contributed by atoms with van der Waals surface area (Å²) in [6.45, 7) is 0. The first-order valence-corrected chi connectivity index (χ1v) is 4.91. The van der Waals surface area contributed by atoms with E-state index in [2.05, 4.69) is 10.2 Å². The van der Waals surface area contributed by atoms with E-state index in [1.807, 2.05) is 10.5 Å². The lowest BCUT2D eigenvalue weighted by Gasteiger charge is -2.05. The molecule has 2 heterocycles. The summed E-state index contributed by atoms with van der Waals surface area (Å²) in [6, 6.07) is 1.86. The maximum atomic E-state index is 11.3. The van der Waals surface area contributed by atoms with Gasteiger partial charge in [-0.3, -0.25) is 9.20 Å². The van der Waals surface area contributed by atoms with Gasteiger partial charge in [0.2, 0.25) is 0 Å². The summed E-state index contributed by atoms with van der Waals surface area (Å²) in [6.07, 6.45) is 4.78. The number of nitrogens with zero attached hydrogens (tertiary/aromatic N) is 3. The van der Waals surface area contributed by atoms with Crippen molar-refractivity contribution in [3.63, 3.8) is 0 Å². The third-order valence-electron chi connectivity index (χ3n) is 2.89. The van der Waals surface area contributed by atoms with Crippen molar-refractivity contribution in [1.29, 1.82) is 0 Å². The molecule has 76 valence electrons. The Labute approximate surface area is 85.9 Å². The fourth-order valence-electron chi connectivity index (χ4n) is 2.22. The molecule has 0 fully saturated rings. The van der Waals surface area contributed by atoms with Crippen LogP contribution in [0.1, 0.15) is 28.0 Å². The van der Waals surface area contributed by atoms with E-state index in [1.54, 1.807) is 6.33 Å². The van der Waals surface area contributed by atoms with E-state index in [4.69, 9.17) is 5.73 Å². The lowest BCUT2D eigenvalue weighted by Crippen LogP contribution is -2.14. The normalized spacial score (nSPS) is 14.4. The number of fused-ring (bicyclic) bond motifs is 3. The van der Waals surface area contributed by atoms with Crippen LogP contribution in [-0.4, -0.2) is 20.5 Å². The quantitative estimate of drug-likeness (QED) is 0.723. The molecule has 0 saturated heterocycles. The highest BCUT2D eigenvalue weighted by molar-refractivity contribution is 5.98. The molecule has 0 aromatic carbocycles. The molecule has 0 atom stereocenters. The van der Waals surface area contributed by atoms with Crippen LogP contribution in [0.4, 0.5) is 0 Å². The van der Waals surface area contributed by atoms with E-state index in [0.717, 1.165) is 19.3 Å². The molecule has 0 radical (unpaired) electrons. The van der Waals surface area contributed by atoms with Gasteiger partial charge in [-0.2, -0.15) is 0 Å². The number of aryl methyl sites for hydroxylation is 2. The number of hydrogen-bond acceptors (Lipinski definition) is 3. The topological polar surface area (TPSA) is 73.3 Å². The second kappa shape index (κ2) is 2.79. The van der Waals surface area contributed by atoms with E-state index in [0.29, 0.717) is 11.2 Å². The average Bonchev–Trinajstić information content (AvgIpc) is 2.83. The third-order valence-corrected chi connectivity index (χ3v) is 2.89. The largest absolute Gasteiger partial charge is 0.365 e. The third kappa shape index (κ3) is 1.06. The predicted molar refractivity (Wildman–Crippen MR) is 53.5 cm³/mol. The molecular weight excluding hydrogens is 192 g/mol. The number of nitrogens with two attached hydrogens (primary N) is 1. The number of carbonyl (C=O) groups is 1. The Hall–Kier alpha value is -1.91. The molecule has 5 nitrogen and oxygen atoms in total. The van der Waals surface area contributed by atoms with Gasteiger partial charge < -0.3 is 5.73 Å². The average molecular weight is 202 g/mol. The number of rotatable bonds is 1. The van der Waals surface area contributed by atoms with Crippen LogP contribution in [0.2, 0.25) is 0 Å². The van der Waals surface area contributed by atoms with E-state index in [-0.39, 0.29) is 0 Å². The maximum absolute atomic E-state index is 11.3. The molecule has 0 aliphatic heterocycles. The molecule has 1 amide bonds. The molecule has 5 heteroatoms. The van der Waals surface area contributed by atoms with Crippen LogP contribution in [0.15, 0.2) is 12.4 Å². The Balaban J connectivity index is 2.42. The van der Waals surface area contributed by atoms with Gasteiger partial charge in [0.25, 0.3) is 5.91 Å². The minimum absolute atomic E-state index is 0.442. The predicted octanol–water partition coefficient (Wildman–Crippen LogP) is 0.317. The Morgan fingerprint density at radius 2 is 2.33 bits per heavy atom. The highest BCUT2D eigenvalue weighted by atomic mass is 16.1. The number of hydrogen-bond donors (Lipinski definition) is 1. The molecule has 1 aliphatic rings. The summed E-state index contributed by atoms with van der Waals surface area (Å²) in [4.78, 5) is 11.3. The minimum atomic E-state index is -0.442. The van der Waals surface area contributed by atoms with E-state index >= 15 is 0 Å². The number of amides is 1. The van der Waals surface area contributed by atoms with Crippen molar-refractivity contribution in [1.82, 2.24) is 14.6 Å². The summed E-state index contributed by atoms with van der Waals surface area (Å²) in [5.74, 6) is -0.442. The number of aromatic nitrogens is 3. The molecule has 2 aromatic rings. The van der Waals surface area contributed by atoms with Gasteiger partial charge in [-0.05, 0) is 30.9 Å². The lowest BCUT2D eigenvalue weighted by atomic mass is 10.1. The first-order chi connectivity index (χ1) is 7.27. The van der Waals surface area contributed by atoms with Gasteiger partial charge >= 0.3 is 0 Å². The van der Waals surface area contributed by atoms with Crippen molar-refractivity contribution in [2.45, 2.75) is 19.3 Å². The van der Waals surface area contributed by atoms with Crippen LogP contribution < -0.4 is 5.73 Å². The van der Waals surface area contributed by atoms with E-state index in [9.17, 15) is 4.79 Å². The van der Waals surface area contributed by atoms with Crippen LogP contribution >= 0.6 is 0 Å². The molecule has 15 heavy (non-hydrogen) atoms. The zero-order valence-corrected chi connectivity index (χ0v) is 8.10. The fourth-order valence-corrected chi connectivity index (χ4v) is 2.22. The van der Waals surface area contributed by atoms with Crippen molar-refractivity contribution in [2.75, 3.05) is 0 Å². The summed E-state index contributed by atoms with van der Waals surface area (Å²) in [5, 5.41) is 7.76. The monoisotopic (exact) mass is 202 g/mol. The molecule has 2 aromatic heterocycles. The highest BCUT2D eigenvalue weighted by Crippen LogP contribution is 2.24. The summed E-state index contributed by atoms with van der Waals surface area (Å²) >= 11 is 0. The molecule has 0 bridgehead atoms. The smallest absolute Gasteiger partial charge is 0.252 e. The van der Waals surface area contributed by atoms with Crippen LogP contribution in [0, 0.1) is 0 Å². The van der Waals surface area contributed by atoms with Crippen molar-refractivity contribution in [2.24, 2.45) is 5.73 Å². The number of pyridine rings is 1. The molecule has 0 spiro atoms. The Bertz CT molecular complexity index is 558. The van der Waals surface area contributed by atoms with Crippen LogP contribution in [-0.2, 0) is 12.8 Å². The Kier molecular flexibility index (Phi) is 1.56. The fraction of sp³-hybridized carbons (Fsp3) is 0.300. The molecule has 1 aliphatic carbocycles. The standard InChI is InChI=1S/C10H10N4O/c11-9(15)7-4-6-2-1-3-8(6)14-5-12-13-10(7)14/h4-5H,1-3H2,(H2,11,15). The zero-order valence-electron chi connectivity index (χ0n) is 8.10. The Morgan fingerprint density at radius 1 is 1.47 bits per heavy atom. The second-order valence-electron chi connectivity index (χ2n) is 3.77. The van der Waals surface area contributed by atoms with Gasteiger partial charge in [0.1, 0.15) is 6.33 Å². The maximum Gasteiger partial charge on any atom is 0.252 e. The van der Waals surface area contributed by atoms with Gasteiger partial charge in [0.05, 0.1) is 5.56 Å².